The van der Waals surface area contributed by atoms with E-state index in [1.807, 2.05) is 31.2 Å². The highest BCUT2D eigenvalue weighted by atomic mass is 16.5. The normalized spacial score (nSPS) is 14.2. The van der Waals surface area contributed by atoms with Crippen LogP contribution in [0.4, 0.5) is 0 Å². The topological polar surface area (TPSA) is 47.0 Å². The van der Waals surface area contributed by atoms with Crippen LogP contribution in [0.2, 0.25) is 0 Å². The summed E-state index contributed by atoms with van der Waals surface area (Å²) in [6.45, 7) is 3.33. The van der Waals surface area contributed by atoms with Crippen LogP contribution in [0.5, 0.6) is 5.75 Å². The molecule has 3 rings (SSSR count). The van der Waals surface area contributed by atoms with Crippen LogP contribution in [-0.2, 0) is 13.2 Å². The number of nitrogens with one attached hydrogen (secondary N) is 1. The molecule has 0 aromatic carbocycles. The van der Waals surface area contributed by atoms with Gasteiger partial charge in [0, 0.05) is 30.7 Å². The van der Waals surface area contributed by atoms with Gasteiger partial charge in [0.1, 0.15) is 12.4 Å². The Labute approximate surface area is 119 Å². The summed E-state index contributed by atoms with van der Waals surface area (Å²) in [5.41, 5.74) is 3.13. The molecule has 1 aliphatic carbocycles. The first-order chi connectivity index (χ1) is 9.81. The molecule has 2 aromatic heterocycles. The predicted molar refractivity (Wildman–Crippen MR) is 77.4 cm³/mol. The Morgan fingerprint density at radius 3 is 2.75 bits per heavy atom. The second-order valence-electron chi connectivity index (χ2n) is 5.20. The Hall–Kier alpha value is -1.94. The van der Waals surface area contributed by atoms with E-state index in [2.05, 4.69) is 15.3 Å². The fourth-order valence-electron chi connectivity index (χ4n) is 2.02. The number of hydrogen-bond acceptors (Lipinski definition) is 4. The van der Waals surface area contributed by atoms with Crippen LogP contribution < -0.4 is 10.1 Å². The molecule has 0 radical (unpaired) electrons. The van der Waals surface area contributed by atoms with Crippen molar-refractivity contribution in [2.45, 2.75) is 39.0 Å². The maximum Gasteiger partial charge on any atom is 0.142 e. The zero-order valence-electron chi connectivity index (χ0n) is 11.7. The minimum atomic E-state index is 0.545. The number of hydrogen-bond donors (Lipinski definition) is 1. The summed E-state index contributed by atoms with van der Waals surface area (Å²) in [7, 11) is 0. The van der Waals surface area contributed by atoms with Crippen molar-refractivity contribution in [3.63, 3.8) is 0 Å². The highest BCUT2D eigenvalue weighted by Crippen LogP contribution is 2.22. The molecule has 0 unspecified atom stereocenters. The standard InChI is InChI=1S/C16H19N3O/c1-12-2-5-16(15(19-12)10-18-14-3-4-14)20-11-13-6-8-17-9-7-13/h2,5-9,14,18H,3-4,10-11H2,1H3. The second-order valence-corrected chi connectivity index (χ2v) is 5.20. The van der Waals surface area contributed by atoms with Gasteiger partial charge in [0.2, 0.25) is 0 Å². The Morgan fingerprint density at radius 1 is 1.20 bits per heavy atom. The smallest absolute Gasteiger partial charge is 0.142 e. The van der Waals surface area contributed by atoms with E-state index in [-0.39, 0.29) is 0 Å². The van der Waals surface area contributed by atoms with Crippen molar-refractivity contribution in [2.24, 2.45) is 0 Å². The Morgan fingerprint density at radius 2 is 2.00 bits per heavy atom. The molecule has 0 spiro atoms. The van der Waals surface area contributed by atoms with Crippen LogP contribution in [0.15, 0.2) is 36.7 Å². The summed E-state index contributed by atoms with van der Waals surface area (Å²) in [4.78, 5) is 8.59. The zero-order valence-corrected chi connectivity index (χ0v) is 11.7. The zero-order chi connectivity index (χ0) is 13.8. The first-order valence-corrected chi connectivity index (χ1v) is 7.03. The van der Waals surface area contributed by atoms with E-state index in [0.717, 1.165) is 29.2 Å². The molecule has 0 saturated heterocycles. The van der Waals surface area contributed by atoms with Gasteiger partial charge >= 0.3 is 0 Å². The maximum absolute atomic E-state index is 5.90. The van der Waals surface area contributed by atoms with E-state index in [1.165, 1.54) is 12.8 Å². The van der Waals surface area contributed by atoms with Gasteiger partial charge in [-0.1, -0.05) is 0 Å². The summed E-state index contributed by atoms with van der Waals surface area (Å²) in [6.07, 6.45) is 6.11. The SMILES string of the molecule is Cc1ccc(OCc2ccncc2)c(CNC2CC2)n1. The van der Waals surface area contributed by atoms with E-state index in [0.29, 0.717) is 12.6 Å². The van der Waals surface area contributed by atoms with Gasteiger partial charge in [-0.3, -0.25) is 9.97 Å². The number of ether oxygens (including phenoxy) is 1. The monoisotopic (exact) mass is 269 g/mol. The van der Waals surface area contributed by atoms with Crippen molar-refractivity contribution < 1.29 is 4.74 Å². The highest BCUT2D eigenvalue weighted by molar-refractivity contribution is 5.29. The molecule has 0 atom stereocenters. The molecular weight excluding hydrogens is 250 g/mol. The summed E-state index contributed by atoms with van der Waals surface area (Å²) in [5.74, 6) is 0.862. The lowest BCUT2D eigenvalue weighted by atomic mass is 10.2. The van der Waals surface area contributed by atoms with Gasteiger partial charge in [-0.05, 0) is 49.6 Å². The first-order valence-electron chi connectivity index (χ1n) is 7.03. The molecule has 1 aliphatic rings. The number of nitrogens with zero attached hydrogens (tertiary/aromatic N) is 2. The molecule has 4 nitrogen and oxygen atoms in total. The number of pyridine rings is 2. The van der Waals surface area contributed by atoms with Crippen molar-refractivity contribution in [1.82, 2.24) is 15.3 Å². The summed E-state index contributed by atoms with van der Waals surface area (Å²) < 4.78 is 5.90. The van der Waals surface area contributed by atoms with Gasteiger partial charge in [-0.15, -0.1) is 0 Å². The van der Waals surface area contributed by atoms with Crippen LogP contribution in [0, 0.1) is 6.92 Å². The number of rotatable bonds is 6. The molecule has 2 aromatic rings. The molecule has 104 valence electrons. The van der Waals surface area contributed by atoms with E-state index < -0.39 is 0 Å². The Bertz CT molecular complexity index is 567. The van der Waals surface area contributed by atoms with Crippen LogP contribution in [0.3, 0.4) is 0 Å². The third-order valence-corrected chi connectivity index (χ3v) is 3.35. The Kier molecular flexibility index (Phi) is 3.92. The predicted octanol–water partition coefficient (Wildman–Crippen LogP) is 2.62. The molecule has 20 heavy (non-hydrogen) atoms. The lowest BCUT2D eigenvalue weighted by molar-refractivity contribution is 0.300. The van der Waals surface area contributed by atoms with Crippen LogP contribution in [0.25, 0.3) is 0 Å². The van der Waals surface area contributed by atoms with Gasteiger partial charge < -0.3 is 10.1 Å². The summed E-state index contributed by atoms with van der Waals surface area (Å²) in [5, 5.41) is 3.49. The molecule has 0 amide bonds. The minimum absolute atomic E-state index is 0.545. The van der Waals surface area contributed by atoms with Gasteiger partial charge in [0.15, 0.2) is 0 Å². The molecule has 1 saturated carbocycles. The quantitative estimate of drug-likeness (QED) is 0.875. The van der Waals surface area contributed by atoms with Gasteiger partial charge in [-0.25, -0.2) is 0 Å². The third-order valence-electron chi connectivity index (χ3n) is 3.35. The molecule has 1 fully saturated rings. The van der Waals surface area contributed by atoms with Gasteiger partial charge in [0.25, 0.3) is 0 Å². The van der Waals surface area contributed by atoms with Crippen LogP contribution >= 0.6 is 0 Å². The van der Waals surface area contributed by atoms with Crippen molar-refractivity contribution in [3.05, 3.63) is 53.6 Å². The molecule has 4 heteroatoms. The van der Waals surface area contributed by atoms with E-state index in [9.17, 15) is 0 Å². The number of aryl methyl sites for hydroxylation is 1. The lowest BCUT2D eigenvalue weighted by Crippen LogP contribution is -2.17. The van der Waals surface area contributed by atoms with Crippen molar-refractivity contribution in [3.8, 4) is 5.75 Å². The summed E-state index contributed by atoms with van der Waals surface area (Å²) >= 11 is 0. The van der Waals surface area contributed by atoms with Crippen LogP contribution in [0.1, 0.15) is 29.8 Å². The lowest BCUT2D eigenvalue weighted by Gasteiger charge is -2.12. The molecule has 1 N–H and O–H groups in total. The maximum atomic E-state index is 5.90. The first kappa shape index (κ1) is 13.1. The van der Waals surface area contributed by atoms with Crippen LogP contribution in [-0.4, -0.2) is 16.0 Å². The minimum Gasteiger partial charge on any atom is -0.487 e. The van der Waals surface area contributed by atoms with Crippen molar-refractivity contribution in [2.75, 3.05) is 0 Å². The van der Waals surface area contributed by atoms with E-state index >= 15 is 0 Å². The van der Waals surface area contributed by atoms with Crippen molar-refractivity contribution in [1.29, 1.82) is 0 Å². The molecule has 0 aliphatic heterocycles. The van der Waals surface area contributed by atoms with E-state index in [1.54, 1.807) is 12.4 Å². The molecule has 2 heterocycles. The van der Waals surface area contributed by atoms with E-state index in [4.69, 9.17) is 4.74 Å². The summed E-state index contributed by atoms with van der Waals surface area (Å²) in [6, 6.07) is 8.59. The van der Waals surface area contributed by atoms with Crippen molar-refractivity contribution >= 4 is 0 Å². The van der Waals surface area contributed by atoms with Gasteiger partial charge in [-0.2, -0.15) is 0 Å². The fraction of sp³-hybridized carbons (Fsp3) is 0.375. The average Bonchev–Trinajstić information content (AvgIpc) is 3.29. The molecule has 0 bridgehead atoms. The highest BCUT2D eigenvalue weighted by Gasteiger charge is 2.21. The average molecular weight is 269 g/mol. The van der Waals surface area contributed by atoms with Gasteiger partial charge in [0.05, 0.1) is 5.69 Å². The third kappa shape index (κ3) is 3.54. The molecular formula is C16H19N3O. The fourth-order valence-corrected chi connectivity index (χ4v) is 2.02. The number of aromatic nitrogens is 2. The largest absolute Gasteiger partial charge is 0.487 e. The Balaban J connectivity index is 1.67. The second kappa shape index (κ2) is 6.01.